The number of ether oxygens (including phenoxy) is 1. The Morgan fingerprint density at radius 1 is 1.15 bits per heavy atom. The number of amides is 1. The van der Waals surface area contributed by atoms with Crippen LogP contribution in [0.2, 0.25) is 0 Å². The van der Waals surface area contributed by atoms with Crippen molar-refractivity contribution in [1.29, 1.82) is 0 Å². The third-order valence-electron chi connectivity index (χ3n) is 3.82. The molecule has 0 radical (unpaired) electrons. The molecule has 0 unspecified atom stereocenters. The molecule has 0 aromatic heterocycles. The van der Waals surface area contributed by atoms with Gasteiger partial charge in [-0.2, -0.15) is 5.10 Å². The number of nitrogens with zero attached hydrogens (tertiary/aromatic N) is 1. The first kappa shape index (κ1) is 19.2. The number of hydrogen-bond acceptors (Lipinski definition) is 4. The summed E-state index contributed by atoms with van der Waals surface area (Å²) < 4.78 is 5.31. The topological polar surface area (TPSA) is 62.7 Å². The maximum Gasteiger partial charge on any atom is 0.262 e. The van der Waals surface area contributed by atoms with E-state index in [0.29, 0.717) is 17.9 Å². The highest BCUT2D eigenvalue weighted by Gasteiger charge is 2.17. The van der Waals surface area contributed by atoms with Gasteiger partial charge < -0.3 is 10.1 Å². The fraction of sp³-hybridized carbons (Fsp3) is 0.238. The van der Waals surface area contributed by atoms with Gasteiger partial charge in [0, 0.05) is 0 Å². The lowest BCUT2D eigenvalue weighted by Crippen LogP contribution is -2.37. The van der Waals surface area contributed by atoms with Crippen LogP contribution in [0, 0.1) is 0 Å². The Kier molecular flexibility index (Phi) is 7.43. The lowest BCUT2D eigenvalue weighted by Gasteiger charge is -2.18. The number of carbonyl (C=O) groups is 1. The molecule has 1 amide bonds. The number of allylic oxidation sites excluding steroid dienone is 1. The monoisotopic (exact) mass is 351 g/mol. The van der Waals surface area contributed by atoms with Crippen molar-refractivity contribution in [2.75, 3.05) is 12.4 Å². The lowest BCUT2D eigenvalue weighted by molar-refractivity contribution is -0.121. The Hall–Kier alpha value is -3.08. The first-order chi connectivity index (χ1) is 12.6. The molecule has 136 valence electrons. The number of benzene rings is 2. The standard InChI is InChI=1S/C21H25N3O2/c1-4-18(22-19-12-8-9-13-20(19)26-3)21(25)24-23-16(2)14-15-17-10-6-5-7-11-17/h5-15,18,22H,4H2,1-3H3,(H,24,25)/b15-14+,23-16-/t18-/m1/s1. The van der Waals surface area contributed by atoms with Crippen LogP contribution in [0.5, 0.6) is 5.75 Å². The smallest absolute Gasteiger partial charge is 0.262 e. The number of methoxy groups -OCH3 is 1. The summed E-state index contributed by atoms with van der Waals surface area (Å²) in [6, 6.07) is 17.0. The van der Waals surface area contributed by atoms with E-state index in [0.717, 1.165) is 11.3 Å². The van der Waals surface area contributed by atoms with Crippen LogP contribution in [-0.4, -0.2) is 24.8 Å². The molecule has 2 N–H and O–H groups in total. The van der Waals surface area contributed by atoms with Gasteiger partial charge in [0.05, 0.1) is 18.5 Å². The van der Waals surface area contributed by atoms with Gasteiger partial charge in [-0.3, -0.25) is 4.79 Å². The van der Waals surface area contributed by atoms with E-state index < -0.39 is 6.04 Å². The SMILES string of the molecule is CC[C@@H](Nc1ccccc1OC)C(=O)N/N=C(C)\C=C\c1ccccc1. The van der Waals surface area contributed by atoms with Crippen LogP contribution in [0.25, 0.3) is 6.08 Å². The Labute approximate surface area is 154 Å². The molecule has 0 saturated heterocycles. The van der Waals surface area contributed by atoms with Crippen molar-refractivity contribution in [1.82, 2.24) is 5.43 Å². The van der Waals surface area contributed by atoms with Crippen LogP contribution < -0.4 is 15.5 Å². The molecule has 0 aliphatic rings. The van der Waals surface area contributed by atoms with E-state index in [-0.39, 0.29) is 5.91 Å². The Balaban J connectivity index is 1.96. The molecule has 0 fully saturated rings. The number of para-hydroxylation sites is 2. The summed E-state index contributed by atoms with van der Waals surface area (Å²) in [4.78, 5) is 12.4. The molecule has 1 atom stereocenters. The Morgan fingerprint density at radius 3 is 2.54 bits per heavy atom. The van der Waals surface area contributed by atoms with Crippen molar-refractivity contribution in [3.63, 3.8) is 0 Å². The van der Waals surface area contributed by atoms with E-state index in [1.54, 1.807) is 7.11 Å². The van der Waals surface area contributed by atoms with E-state index >= 15 is 0 Å². The zero-order valence-corrected chi connectivity index (χ0v) is 15.4. The average Bonchev–Trinajstić information content (AvgIpc) is 2.69. The molecule has 0 bridgehead atoms. The van der Waals surface area contributed by atoms with Crippen molar-refractivity contribution in [2.45, 2.75) is 26.3 Å². The van der Waals surface area contributed by atoms with Gasteiger partial charge in [-0.25, -0.2) is 5.43 Å². The highest BCUT2D eigenvalue weighted by atomic mass is 16.5. The molecule has 0 aliphatic heterocycles. The number of rotatable bonds is 8. The summed E-state index contributed by atoms with van der Waals surface area (Å²) in [5, 5.41) is 7.36. The molecule has 0 aliphatic carbocycles. The molecule has 2 aromatic carbocycles. The van der Waals surface area contributed by atoms with Crippen molar-refractivity contribution in [2.24, 2.45) is 5.10 Å². The molecule has 0 spiro atoms. The predicted octanol–water partition coefficient (Wildman–Crippen LogP) is 4.09. The first-order valence-electron chi connectivity index (χ1n) is 8.61. The average molecular weight is 351 g/mol. The van der Waals surface area contributed by atoms with E-state index in [2.05, 4.69) is 15.8 Å². The molecule has 0 saturated carbocycles. The maximum atomic E-state index is 12.4. The summed E-state index contributed by atoms with van der Waals surface area (Å²) in [6.07, 6.45) is 4.44. The number of hydrazone groups is 1. The summed E-state index contributed by atoms with van der Waals surface area (Å²) in [5.74, 6) is 0.509. The summed E-state index contributed by atoms with van der Waals surface area (Å²) in [7, 11) is 1.61. The minimum atomic E-state index is -0.402. The van der Waals surface area contributed by atoms with Gasteiger partial charge in [0.25, 0.3) is 5.91 Å². The first-order valence-corrected chi connectivity index (χ1v) is 8.61. The molecule has 0 heterocycles. The minimum Gasteiger partial charge on any atom is -0.495 e. The summed E-state index contributed by atoms with van der Waals surface area (Å²) in [6.45, 7) is 3.78. The highest BCUT2D eigenvalue weighted by molar-refractivity contribution is 5.97. The van der Waals surface area contributed by atoms with Gasteiger partial charge in [-0.1, -0.05) is 55.5 Å². The van der Waals surface area contributed by atoms with Crippen LogP contribution in [0.15, 0.2) is 65.8 Å². The minimum absolute atomic E-state index is 0.189. The van der Waals surface area contributed by atoms with Crippen molar-refractivity contribution in [3.05, 3.63) is 66.2 Å². The number of anilines is 1. The van der Waals surface area contributed by atoms with Crippen molar-refractivity contribution >= 4 is 23.4 Å². The van der Waals surface area contributed by atoms with Gasteiger partial charge in [0.2, 0.25) is 0 Å². The van der Waals surface area contributed by atoms with Crippen LogP contribution in [0.1, 0.15) is 25.8 Å². The predicted molar refractivity (Wildman–Crippen MR) is 107 cm³/mol. The summed E-state index contributed by atoms with van der Waals surface area (Å²) in [5.41, 5.74) is 5.20. The molecule has 26 heavy (non-hydrogen) atoms. The third kappa shape index (κ3) is 5.77. The fourth-order valence-corrected chi connectivity index (χ4v) is 2.34. The van der Waals surface area contributed by atoms with Crippen LogP contribution in [-0.2, 0) is 4.79 Å². The van der Waals surface area contributed by atoms with Gasteiger partial charge in [0.15, 0.2) is 0 Å². The quantitative estimate of drug-likeness (QED) is 0.556. The van der Waals surface area contributed by atoms with Gasteiger partial charge in [0.1, 0.15) is 11.8 Å². The number of nitrogens with one attached hydrogen (secondary N) is 2. The van der Waals surface area contributed by atoms with Gasteiger partial charge in [-0.05, 0) is 37.1 Å². The van der Waals surface area contributed by atoms with E-state index in [1.165, 1.54) is 0 Å². The van der Waals surface area contributed by atoms with Crippen molar-refractivity contribution < 1.29 is 9.53 Å². The largest absolute Gasteiger partial charge is 0.495 e. The molecule has 2 aromatic rings. The van der Waals surface area contributed by atoms with Gasteiger partial charge in [-0.15, -0.1) is 0 Å². The molecule has 5 heteroatoms. The lowest BCUT2D eigenvalue weighted by atomic mass is 10.2. The number of carbonyl (C=O) groups excluding carboxylic acids is 1. The van der Waals surface area contributed by atoms with E-state index in [1.807, 2.05) is 80.6 Å². The fourth-order valence-electron chi connectivity index (χ4n) is 2.34. The zero-order valence-electron chi connectivity index (χ0n) is 15.4. The number of hydrogen-bond donors (Lipinski definition) is 2. The Morgan fingerprint density at radius 2 is 1.85 bits per heavy atom. The van der Waals surface area contributed by atoms with Crippen LogP contribution >= 0.6 is 0 Å². The zero-order chi connectivity index (χ0) is 18.8. The molecular weight excluding hydrogens is 326 g/mol. The molecule has 2 rings (SSSR count). The van der Waals surface area contributed by atoms with Crippen molar-refractivity contribution in [3.8, 4) is 5.75 Å². The van der Waals surface area contributed by atoms with E-state index in [4.69, 9.17) is 4.74 Å². The second kappa shape index (κ2) is 10.0. The van der Waals surface area contributed by atoms with E-state index in [9.17, 15) is 4.79 Å². The Bertz CT molecular complexity index is 770. The summed E-state index contributed by atoms with van der Waals surface area (Å²) >= 11 is 0. The second-order valence-corrected chi connectivity index (χ2v) is 5.78. The maximum absolute atomic E-state index is 12.4. The van der Waals surface area contributed by atoms with Crippen LogP contribution in [0.4, 0.5) is 5.69 Å². The van der Waals surface area contributed by atoms with Gasteiger partial charge >= 0.3 is 0 Å². The third-order valence-corrected chi connectivity index (χ3v) is 3.82. The molecular formula is C21H25N3O2. The molecule has 5 nitrogen and oxygen atoms in total. The normalized spacial score (nSPS) is 12.7. The second-order valence-electron chi connectivity index (χ2n) is 5.78. The highest BCUT2D eigenvalue weighted by Crippen LogP contribution is 2.24. The van der Waals surface area contributed by atoms with Crippen LogP contribution in [0.3, 0.4) is 0 Å².